The number of ether oxygens (including phenoxy) is 6. The average Bonchev–Trinajstić information content (AvgIpc) is 2.65. The van der Waals surface area contributed by atoms with Gasteiger partial charge >= 0.3 is 23.9 Å². The van der Waals surface area contributed by atoms with Crippen molar-refractivity contribution in [2.75, 3.05) is 6.61 Å². The first-order chi connectivity index (χ1) is 14.6. The molecule has 2 rings (SSSR count). The van der Waals surface area contributed by atoms with Gasteiger partial charge in [0.15, 0.2) is 12.2 Å². The number of halogens is 1. The summed E-state index contributed by atoms with van der Waals surface area (Å²) >= 11 is 6.14. The lowest BCUT2D eigenvalue weighted by atomic mass is 9.98. The third-order valence-corrected chi connectivity index (χ3v) is 4.34. The van der Waals surface area contributed by atoms with Crippen molar-refractivity contribution in [3.63, 3.8) is 0 Å². The zero-order valence-corrected chi connectivity index (χ0v) is 18.1. The Hall–Kier alpha value is -2.85. The Balaban J connectivity index is 2.46. The van der Waals surface area contributed by atoms with E-state index in [1.807, 2.05) is 0 Å². The van der Waals surface area contributed by atoms with Gasteiger partial charge in [-0.1, -0.05) is 23.7 Å². The first kappa shape index (κ1) is 24.4. The quantitative estimate of drug-likeness (QED) is 0.441. The summed E-state index contributed by atoms with van der Waals surface area (Å²) in [5.41, 5.74) is 0. The lowest BCUT2D eigenvalue weighted by molar-refractivity contribution is -0.288. The van der Waals surface area contributed by atoms with Crippen LogP contribution in [-0.4, -0.2) is 61.2 Å². The van der Waals surface area contributed by atoms with Gasteiger partial charge in [0.25, 0.3) is 0 Å². The number of carbonyl (C=O) groups excluding carboxylic acids is 4. The van der Waals surface area contributed by atoms with Crippen molar-refractivity contribution in [2.45, 2.75) is 58.4 Å². The van der Waals surface area contributed by atoms with Gasteiger partial charge in [0.2, 0.25) is 12.4 Å². The predicted octanol–water partition coefficient (Wildman–Crippen LogP) is 1.80. The summed E-state index contributed by atoms with van der Waals surface area (Å²) in [7, 11) is 0. The second-order valence-electron chi connectivity index (χ2n) is 6.62. The minimum Gasteiger partial charge on any atom is -0.463 e. The molecule has 0 spiro atoms. The molecule has 1 aromatic carbocycles. The average molecular weight is 459 g/mol. The minimum absolute atomic E-state index is 0.199. The number of hydrogen-bond acceptors (Lipinski definition) is 10. The van der Waals surface area contributed by atoms with Crippen LogP contribution in [0.5, 0.6) is 5.75 Å². The molecule has 31 heavy (non-hydrogen) atoms. The highest BCUT2D eigenvalue weighted by atomic mass is 35.5. The lowest BCUT2D eigenvalue weighted by Gasteiger charge is -2.43. The highest BCUT2D eigenvalue weighted by molar-refractivity contribution is 6.32. The van der Waals surface area contributed by atoms with Gasteiger partial charge in [-0.05, 0) is 12.1 Å². The summed E-state index contributed by atoms with van der Waals surface area (Å²) in [4.78, 5) is 46.5. The van der Waals surface area contributed by atoms with E-state index in [4.69, 9.17) is 40.0 Å². The van der Waals surface area contributed by atoms with E-state index in [0.29, 0.717) is 0 Å². The number of carbonyl (C=O) groups is 4. The van der Waals surface area contributed by atoms with Crippen LogP contribution >= 0.6 is 11.6 Å². The molecular formula is C20H23ClO10. The Bertz CT molecular complexity index is 826. The van der Waals surface area contributed by atoms with E-state index in [1.54, 1.807) is 24.3 Å². The van der Waals surface area contributed by atoms with Crippen LogP contribution in [0, 0.1) is 0 Å². The molecule has 1 aliphatic rings. The Kier molecular flexibility index (Phi) is 8.64. The van der Waals surface area contributed by atoms with Crippen molar-refractivity contribution in [1.29, 1.82) is 0 Å². The summed E-state index contributed by atoms with van der Waals surface area (Å²) in [6, 6.07) is 6.47. The van der Waals surface area contributed by atoms with Crippen molar-refractivity contribution in [2.24, 2.45) is 0 Å². The number of esters is 4. The summed E-state index contributed by atoms with van der Waals surface area (Å²) < 4.78 is 32.5. The van der Waals surface area contributed by atoms with Gasteiger partial charge in [-0.2, -0.15) is 0 Å². The molecule has 1 aliphatic heterocycles. The standard InChI is InChI=1S/C20H23ClO10/c1-10(22)26-9-16-17(27-11(2)23)18(28-12(3)24)19(29-13(4)25)20(31-16)30-15-8-6-5-7-14(15)21/h5-8,16-20H,9H2,1-4H3. The highest BCUT2D eigenvalue weighted by Gasteiger charge is 2.53. The second-order valence-corrected chi connectivity index (χ2v) is 7.02. The molecule has 170 valence electrons. The zero-order chi connectivity index (χ0) is 23.1. The Labute approximate surface area is 183 Å². The first-order valence-corrected chi connectivity index (χ1v) is 9.68. The van der Waals surface area contributed by atoms with Gasteiger partial charge < -0.3 is 28.4 Å². The maximum absolute atomic E-state index is 11.8. The molecular weight excluding hydrogens is 436 g/mol. The van der Waals surface area contributed by atoms with Crippen LogP contribution in [-0.2, 0) is 42.9 Å². The van der Waals surface area contributed by atoms with Crippen LogP contribution in [0.15, 0.2) is 24.3 Å². The van der Waals surface area contributed by atoms with Gasteiger partial charge in [-0.25, -0.2) is 0 Å². The van der Waals surface area contributed by atoms with Crippen LogP contribution in [0.2, 0.25) is 5.02 Å². The monoisotopic (exact) mass is 458 g/mol. The topological polar surface area (TPSA) is 124 Å². The van der Waals surface area contributed by atoms with Crippen LogP contribution in [0.1, 0.15) is 27.7 Å². The van der Waals surface area contributed by atoms with Crippen LogP contribution in [0.4, 0.5) is 0 Å². The van der Waals surface area contributed by atoms with Gasteiger partial charge in [0.05, 0.1) is 5.02 Å². The third kappa shape index (κ3) is 7.11. The van der Waals surface area contributed by atoms with Gasteiger partial charge in [0, 0.05) is 27.7 Å². The van der Waals surface area contributed by atoms with Crippen molar-refractivity contribution >= 4 is 35.5 Å². The molecule has 1 fully saturated rings. The second kappa shape index (κ2) is 11.0. The van der Waals surface area contributed by atoms with Gasteiger partial charge in [0.1, 0.15) is 18.5 Å². The van der Waals surface area contributed by atoms with E-state index < -0.39 is 54.6 Å². The van der Waals surface area contributed by atoms with Gasteiger partial charge in [-0.3, -0.25) is 19.2 Å². The molecule has 0 N–H and O–H groups in total. The van der Waals surface area contributed by atoms with E-state index in [-0.39, 0.29) is 17.4 Å². The molecule has 0 saturated carbocycles. The van der Waals surface area contributed by atoms with E-state index >= 15 is 0 Å². The fourth-order valence-electron chi connectivity index (χ4n) is 2.95. The van der Waals surface area contributed by atoms with E-state index in [9.17, 15) is 19.2 Å². The molecule has 1 aromatic rings. The largest absolute Gasteiger partial charge is 0.463 e. The van der Waals surface area contributed by atoms with Crippen LogP contribution in [0.25, 0.3) is 0 Å². The molecule has 1 heterocycles. The number of benzene rings is 1. The minimum atomic E-state index is -1.33. The molecule has 5 atom stereocenters. The van der Waals surface area contributed by atoms with Crippen molar-refractivity contribution in [3.8, 4) is 5.75 Å². The van der Waals surface area contributed by atoms with E-state index in [2.05, 4.69) is 0 Å². The predicted molar refractivity (Wildman–Crippen MR) is 104 cm³/mol. The third-order valence-electron chi connectivity index (χ3n) is 4.03. The van der Waals surface area contributed by atoms with Crippen molar-refractivity contribution in [1.82, 2.24) is 0 Å². The fraction of sp³-hybridized carbons (Fsp3) is 0.500. The molecule has 11 heteroatoms. The molecule has 1 saturated heterocycles. The highest BCUT2D eigenvalue weighted by Crippen LogP contribution is 2.33. The van der Waals surface area contributed by atoms with Gasteiger partial charge in [-0.15, -0.1) is 0 Å². The number of rotatable bonds is 7. The van der Waals surface area contributed by atoms with Crippen molar-refractivity contribution in [3.05, 3.63) is 29.3 Å². The fourth-order valence-corrected chi connectivity index (χ4v) is 3.13. The Morgan fingerprint density at radius 1 is 0.839 bits per heavy atom. The number of para-hydroxylation sites is 1. The maximum atomic E-state index is 11.8. The maximum Gasteiger partial charge on any atom is 0.303 e. The van der Waals surface area contributed by atoms with Crippen molar-refractivity contribution < 1.29 is 47.6 Å². The summed E-state index contributed by atoms with van der Waals surface area (Å²) in [6.07, 6.45) is -6.32. The Morgan fingerprint density at radius 2 is 1.39 bits per heavy atom. The number of hydrogen-bond donors (Lipinski definition) is 0. The molecule has 0 aromatic heterocycles. The summed E-state index contributed by atoms with van der Waals surface area (Å²) in [5, 5.41) is 0.246. The Morgan fingerprint density at radius 3 is 1.94 bits per heavy atom. The van der Waals surface area contributed by atoms with Crippen LogP contribution in [0.3, 0.4) is 0 Å². The molecule has 0 aliphatic carbocycles. The smallest absolute Gasteiger partial charge is 0.303 e. The summed E-state index contributed by atoms with van der Waals surface area (Å²) in [5.74, 6) is -2.59. The van der Waals surface area contributed by atoms with Crippen LogP contribution < -0.4 is 4.74 Å². The molecule has 0 bridgehead atoms. The SMILES string of the molecule is CC(=O)OCC1OC(Oc2ccccc2Cl)C(OC(C)=O)C(OC(C)=O)C1OC(C)=O. The zero-order valence-electron chi connectivity index (χ0n) is 17.4. The normalized spacial score (nSPS) is 25.1. The first-order valence-electron chi connectivity index (χ1n) is 9.30. The summed E-state index contributed by atoms with van der Waals surface area (Å²) in [6.45, 7) is 4.26. The van der Waals surface area contributed by atoms with E-state index in [0.717, 1.165) is 20.8 Å². The van der Waals surface area contributed by atoms with E-state index in [1.165, 1.54) is 6.92 Å². The lowest BCUT2D eigenvalue weighted by Crippen LogP contribution is -2.63. The molecule has 5 unspecified atom stereocenters. The molecule has 0 amide bonds. The molecule has 10 nitrogen and oxygen atoms in total. The molecule has 0 radical (unpaired) electrons.